The molecule has 4 rings (SSSR count). The highest BCUT2D eigenvalue weighted by Gasteiger charge is 2.08. The molecule has 0 aliphatic rings. The zero-order chi connectivity index (χ0) is 13.5. The lowest BCUT2D eigenvalue weighted by atomic mass is 10.1. The number of nitrogens with two attached hydrogens (primary N) is 1. The van der Waals surface area contributed by atoms with E-state index in [0.29, 0.717) is 11.6 Å². The van der Waals surface area contributed by atoms with Crippen LogP contribution in [0.5, 0.6) is 0 Å². The molecule has 0 amide bonds. The minimum atomic E-state index is 0.474. The third kappa shape index (κ3) is 1.60. The van der Waals surface area contributed by atoms with Gasteiger partial charge in [0.05, 0.1) is 11.7 Å². The van der Waals surface area contributed by atoms with Crippen molar-refractivity contribution in [1.82, 2.24) is 19.9 Å². The SMILES string of the molecule is Nc1nc(-c2ccc3[nH]ccc3c2)nc2cnccc12. The van der Waals surface area contributed by atoms with Gasteiger partial charge in [0, 0.05) is 34.2 Å². The summed E-state index contributed by atoms with van der Waals surface area (Å²) in [6.45, 7) is 0. The number of nitrogen functional groups attached to an aromatic ring is 1. The number of aromatic amines is 1. The van der Waals surface area contributed by atoms with Crippen molar-refractivity contribution >= 4 is 27.6 Å². The molecule has 5 nitrogen and oxygen atoms in total. The van der Waals surface area contributed by atoms with Gasteiger partial charge in [-0.2, -0.15) is 0 Å². The molecule has 0 radical (unpaired) electrons. The number of hydrogen-bond donors (Lipinski definition) is 2. The highest BCUT2D eigenvalue weighted by atomic mass is 15.0. The smallest absolute Gasteiger partial charge is 0.162 e. The standard InChI is InChI=1S/C15H11N5/c16-14-11-4-5-17-8-13(11)19-15(20-14)10-1-2-12-9(7-10)3-6-18-12/h1-8,18H,(H2,16,19,20). The van der Waals surface area contributed by atoms with Crippen LogP contribution < -0.4 is 5.73 Å². The first-order valence-electron chi connectivity index (χ1n) is 6.26. The molecule has 1 aromatic carbocycles. The molecule has 0 spiro atoms. The second-order valence-electron chi connectivity index (χ2n) is 4.60. The minimum Gasteiger partial charge on any atom is -0.383 e. The van der Waals surface area contributed by atoms with Crippen LogP contribution in [0.3, 0.4) is 0 Å². The van der Waals surface area contributed by atoms with Gasteiger partial charge in [0.2, 0.25) is 0 Å². The van der Waals surface area contributed by atoms with E-state index in [1.165, 1.54) is 0 Å². The monoisotopic (exact) mass is 261 g/mol. The second kappa shape index (κ2) is 4.03. The molecule has 0 aliphatic carbocycles. The van der Waals surface area contributed by atoms with Crippen LogP contribution in [0.1, 0.15) is 0 Å². The van der Waals surface area contributed by atoms with Crippen LogP contribution in [0.2, 0.25) is 0 Å². The van der Waals surface area contributed by atoms with Gasteiger partial charge in [-0.1, -0.05) is 0 Å². The molecular weight excluding hydrogens is 250 g/mol. The van der Waals surface area contributed by atoms with Crippen molar-refractivity contribution in [3.8, 4) is 11.4 Å². The van der Waals surface area contributed by atoms with Crippen LogP contribution in [0, 0.1) is 0 Å². The molecule has 0 aliphatic heterocycles. The number of anilines is 1. The number of rotatable bonds is 1. The van der Waals surface area contributed by atoms with E-state index >= 15 is 0 Å². The molecule has 96 valence electrons. The van der Waals surface area contributed by atoms with Crippen molar-refractivity contribution in [2.24, 2.45) is 0 Å². The van der Waals surface area contributed by atoms with Crippen LogP contribution in [-0.2, 0) is 0 Å². The number of fused-ring (bicyclic) bond motifs is 2. The van der Waals surface area contributed by atoms with E-state index in [9.17, 15) is 0 Å². The highest BCUT2D eigenvalue weighted by Crippen LogP contribution is 2.25. The van der Waals surface area contributed by atoms with Crippen molar-refractivity contribution in [3.63, 3.8) is 0 Å². The molecule has 20 heavy (non-hydrogen) atoms. The number of hydrogen-bond acceptors (Lipinski definition) is 4. The average Bonchev–Trinajstić information content (AvgIpc) is 2.94. The summed E-state index contributed by atoms with van der Waals surface area (Å²) in [7, 11) is 0. The van der Waals surface area contributed by atoms with Crippen LogP contribution in [0.4, 0.5) is 5.82 Å². The van der Waals surface area contributed by atoms with Gasteiger partial charge >= 0.3 is 0 Å². The molecule has 0 saturated heterocycles. The number of nitrogens with zero attached hydrogens (tertiary/aromatic N) is 3. The molecular formula is C15H11N5. The number of aromatic nitrogens is 4. The second-order valence-corrected chi connectivity index (χ2v) is 4.60. The number of nitrogens with one attached hydrogen (secondary N) is 1. The van der Waals surface area contributed by atoms with Gasteiger partial charge in [-0.3, -0.25) is 4.98 Å². The summed E-state index contributed by atoms with van der Waals surface area (Å²) in [5, 5.41) is 1.95. The Balaban J connectivity index is 1.96. The molecule has 3 heterocycles. The summed E-state index contributed by atoms with van der Waals surface area (Å²) in [6.07, 6.45) is 5.30. The summed E-state index contributed by atoms with van der Waals surface area (Å²) in [5.41, 5.74) is 8.78. The Hall–Kier alpha value is -2.95. The van der Waals surface area contributed by atoms with E-state index < -0.39 is 0 Å². The number of benzene rings is 1. The number of pyridine rings is 1. The van der Waals surface area contributed by atoms with Gasteiger partial charge in [0.15, 0.2) is 5.82 Å². The zero-order valence-electron chi connectivity index (χ0n) is 10.5. The van der Waals surface area contributed by atoms with Crippen molar-refractivity contribution in [1.29, 1.82) is 0 Å². The van der Waals surface area contributed by atoms with Gasteiger partial charge in [-0.15, -0.1) is 0 Å². The molecule has 0 bridgehead atoms. The van der Waals surface area contributed by atoms with E-state index in [-0.39, 0.29) is 0 Å². The summed E-state index contributed by atoms with van der Waals surface area (Å²) >= 11 is 0. The van der Waals surface area contributed by atoms with Crippen molar-refractivity contribution < 1.29 is 0 Å². The van der Waals surface area contributed by atoms with Crippen LogP contribution in [0.25, 0.3) is 33.2 Å². The normalized spacial score (nSPS) is 11.2. The van der Waals surface area contributed by atoms with E-state index in [4.69, 9.17) is 5.73 Å². The first kappa shape index (κ1) is 10.9. The van der Waals surface area contributed by atoms with E-state index in [2.05, 4.69) is 19.9 Å². The third-order valence-corrected chi connectivity index (χ3v) is 3.34. The Morgan fingerprint density at radius 2 is 2.00 bits per heavy atom. The molecule has 5 heteroatoms. The fraction of sp³-hybridized carbons (Fsp3) is 0. The van der Waals surface area contributed by atoms with E-state index in [0.717, 1.165) is 27.4 Å². The summed E-state index contributed by atoms with van der Waals surface area (Å²) in [5.74, 6) is 1.09. The highest BCUT2D eigenvalue weighted by molar-refractivity contribution is 5.90. The Labute approximate surface area is 114 Å². The minimum absolute atomic E-state index is 0.474. The Morgan fingerprint density at radius 1 is 1.05 bits per heavy atom. The van der Waals surface area contributed by atoms with Gasteiger partial charge < -0.3 is 10.7 Å². The Bertz CT molecular complexity index is 926. The fourth-order valence-electron chi connectivity index (χ4n) is 2.33. The van der Waals surface area contributed by atoms with Crippen LogP contribution >= 0.6 is 0 Å². The van der Waals surface area contributed by atoms with Gasteiger partial charge in [-0.05, 0) is 30.3 Å². The Kier molecular flexibility index (Phi) is 2.20. The maximum atomic E-state index is 6.00. The quantitative estimate of drug-likeness (QED) is 0.552. The molecule has 3 N–H and O–H groups in total. The molecule has 0 fully saturated rings. The average molecular weight is 261 g/mol. The summed E-state index contributed by atoms with van der Waals surface area (Å²) in [6, 6.07) is 9.88. The lowest BCUT2D eigenvalue weighted by Gasteiger charge is -2.05. The lowest BCUT2D eigenvalue weighted by Crippen LogP contribution is -1.98. The third-order valence-electron chi connectivity index (χ3n) is 3.34. The maximum absolute atomic E-state index is 6.00. The van der Waals surface area contributed by atoms with Gasteiger partial charge in [-0.25, -0.2) is 9.97 Å². The predicted octanol–water partition coefficient (Wildman–Crippen LogP) is 2.76. The van der Waals surface area contributed by atoms with Gasteiger partial charge in [0.1, 0.15) is 5.82 Å². The maximum Gasteiger partial charge on any atom is 0.162 e. The first-order valence-corrected chi connectivity index (χ1v) is 6.26. The van der Waals surface area contributed by atoms with Crippen molar-refractivity contribution in [2.75, 3.05) is 5.73 Å². The fourth-order valence-corrected chi connectivity index (χ4v) is 2.33. The van der Waals surface area contributed by atoms with E-state index in [1.54, 1.807) is 12.4 Å². The molecule has 0 unspecified atom stereocenters. The predicted molar refractivity (Wildman–Crippen MR) is 79.0 cm³/mol. The largest absolute Gasteiger partial charge is 0.383 e. The number of H-pyrrole nitrogens is 1. The van der Waals surface area contributed by atoms with Crippen molar-refractivity contribution in [3.05, 3.63) is 48.9 Å². The zero-order valence-corrected chi connectivity index (χ0v) is 10.5. The summed E-state index contributed by atoms with van der Waals surface area (Å²) < 4.78 is 0. The first-order chi connectivity index (χ1) is 9.81. The summed E-state index contributed by atoms with van der Waals surface area (Å²) in [4.78, 5) is 16.2. The molecule has 3 aromatic heterocycles. The Morgan fingerprint density at radius 3 is 2.95 bits per heavy atom. The molecule has 0 saturated carbocycles. The van der Waals surface area contributed by atoms with E-state index in [1.807, 2.05) is 36.5 Å². The van der Waals surface area contributed by atoms with Crippen molar-refractivity contribution in [2.45, 2.75) is 0 Å². The van der Waals surface area contributed by atoms with Crippen LogP contribution in [-0.4, -0.2) is 19.9 Å². The lowest BCUT2D eigenvalue weighted by molar-refractivity contribution is 1.22. The van der Waals surface area contributed by atoms with Gasteiger partial charge in [0.25, 0.3) is 0 Å². The molecule has 0 atom stereocenters. The molecule has 4 aromatic rings. The topological polar surface area (TPSA) is 80.5 Å². The van der Waals surface area contributed by atoms with Crippen LogP contribution in [0.15, 0.2) is 48.9 Å².